The van der Waals surface area contributed by atoms with Crippen LogP contribution in [0.15, 0.2) is 42.7 Å². The van der Waals surface area contributed by atoms with Crippen LogP contribution in [0, 0.1) is 20.8 Å². The molecule has 23 heavy (non-hydrogen) atoms. The number of aryl methyl sites for hydroxylation is 3. The molecule has 0 saturated carbocycles. The van der Waals surface area contributed by atoms with Crippen molar-refractivity contribution in [2.45, 2.75) is 20.8 Å². The SMILES string of the molecule is Cc1cc(C)c(Nc2nc3ccccc3n3cnnc23)c(C)c1. The first-order valence-corrected chi connectivity index (χ1v) is 7.57. The van der Waals surface area contributed by atoms with Crippen molar-refractivity contribution in [1.82, 2.24) is 19.6 Å². The lowest BCUT2D eigenvalue weighted by Gasteiger charge is -2.14. The zero-order valence-corrected chi connectivity index (χ0v) is 13.3. The summed E-state index contributed by atoms with van der Waals surface area (Å²) in [6.45, 7) is 6.31. The fraction of sp³-hybridized carbons (Fsp3) is 0.167. The minimum absolute atomic E-state index is 0.719. The fourth-order valence-electron chi connectivity index (χ4n) is 3.09. The molecular formula is C18H17N5. The molecule has 2 heterocycles. The minimum atomic E-state index is 0.719. The highest BCUT2D eigenvalue weighted by atomic mass is 15.3. The number of benzene rings is 2. The van der Waals surface area contributed by atoms with E-state index >= 15 is 0 Å². The Morgan fingerprint density at radius 3 is 2.52 bits per heavy atom. The lowest BCUT2D eigenvalue weighted by atomic mass is 10.1. The molecule has 0 aliphatic heterocycles. The molecule has 0 aliphatic rings. The van der Waals surface area contributed by atoms with Gasteiger partial charge >= 0.3 is 0 Å². The highest BCUT2D eigenvalue weighted by molar-refractivity contribution is 5.84. The van der Waals surface area contributed by atoms with E-state index in [4.69, 9.17) is 4.98 Å². The lowest BCUT2D eigenvalue weighted by Crippen LogP contribution is -2.03. The van der Waals surface area contributed by atoms with Crippen molar-refractivity contribution in [3.8, 4) is 0 Å². The third-order valence-electron chi connectivity index (χ3n) is 4.05. The van der Waals surface area contributed by atoms with Gasteiger partial charge in [0.1, 0.15) is 6.33 Å². The second-order valence-electron chi connectivity index (χ2n) is 5.87. The molecule has 4 aromatic rings. The van der Waals surface area contributed by atoms with E-state index in [1.54, 1.807) is 6.33 Å². The van der Waals surface area contributed by atoms with Crippen molar-refractivity contribution in [2.75, 3.05) is 5.32 Å². The molecule has 1 N–H and O–H groups in total. The maximum Gasteiger partial charge on any atom is 0.204 e. The van der Waals surface area contributed by atoms with Crippen molar-refractivity contribution in [3.63, 3.8) is 0 Å². The molecule has 0 unspecified atom stereocenters. The number of aromatic nitrogens is 4. The molecular weight excluding hydrogens is 286 g/mol. The van der Waals surface area contributed by atoms with Crippen LogP contribution in [0.5, 0.6) is 0 Å². The van der Waals surface area contributed by atoms with Crippen LogP contribution in [-0.2, 0) is 0 Å². The van der Waals surface area contributed by atoms with Crippen LogP contribution in [0.1, 0.15) is 16.7 Å². The summed E-state index contributed by atoms with van der Waals surface area (Å²) in [6.07, 6.45) is 1.72. The summed E-state index contributed by atoms with van der Waals surface area (Å²) < 4.78 is 1.96. The van der Waals surface area contributed by atoms with Gasteiger partial charge in [-0.15, -0.1) is 10.2 Å². The Labute approximate surface area is 134 Å². The molecule has 0 radical (unpaired) electrons. The van der Waals surface area contributed by atoms with E-state index in [2.05, 4.69) is 48.4 Å². The predicted octanol–water partition coefficient (Wildman–Crippen LogP) is 3.95. The second kappa shape index (κ2) is 5.05. The topological polar surface area (TPSA) is 55.1 Å². The van der Waals surface area contributed by atoms with Gasteiger partial charge in [0.05, 0.1) is 11.0 Å². The Hall–Kier alpha value is -2.95. The molecule has 2 aromatic heterocycles. The van der Waals surface area contributed by atoms with Crippen LogP contribution in [-0.4, -0.2) is 19.6 Å². The van der Waals surface area contributed by atoms with E-state index < -0.39 is 0 Å². The van der Waals surface area contributed by atoms with Gasteiger partial charge in [0.2, 0.25) is 5.65 Å². The summed E-state index contributed by atoms with van der Waals surface area (Å²) in [5.74, 6) is 0.719. The Morgan fingerprint density at radius 2 is 1.74 bits per heavy atom. The number of rotatable bonds is 2. The van der Waals surface area contributed by atoms with Crippen molar-refractivity contribution < 1.29 is 0 Å². The number of para-hydroxylation sites is 2. The molecule has 0 spiro atoms. The molecule has 0 bridgehead atoms. The summed E-state index contributed by atoms with van der Waals surface area (Å²) in [4.78, 5) is 4.74. The van der Waals surface area contributed by atoms with E-state index in [-0.39, 0.29) is 0 Å². The number of nitrogens with one attached hydrogen (secondary N) is 1. The number of hydrogen-bond acceptors (Lipinski definition) is 4. The third-order valence-corrected chi connectivity index (χ3v) is 4.05. The normalized spacial score (nSPS) is 11.3. The van der Waals surface area contributed by atoms with Crippen LogP contribution in [0.2, 0.25) is 0 Å². The van der Waals surface area contributed by atoms with E-state index in [0.717, 1.165) is 28.2 Å². The maximum absolute atomic E-state index is 4.74. The Kier molecular flexibility index (Phi) is 3.01. The molecule has 5 heteroatoms. The number of fused-ring (bicyclic) bond motifs is 3. The molecule has 0 amide bonds. The first-order valence-electron chi connectivity index (χ1n) is 7.57. The van der Waals surface area contributed by atoms with E-state index in [1.165, 1.54) is 16.7 Å². The van der Waals surface area contributed by atoms with Gasteiger partial charge in [0.15, 0.2) is 5.82 Å². The molecule has 4 rings (SSSR count). The average Bonchev–Trinajstić information content (AvgIpc) is 3.00. The van der Waals surface area contributed by atoms with Gasteiger partial charge in [-0.2, -0.15) is 0 Å². The molecule has 0 fully saturated rings. The van der Waals surface area contributed by atoms with Crippen molar-refractivity contribution >= 4 is 28.2 Å². The Morgan fingerprint density at radius 1 is 1.00 bits per heavy atom. The first kappa shape index (κ1) is 13.7. The Balaban J connectivity index is 1.93. The van der Waals surface area contributed by atoms with Gasteiger partial charge in [-0.25, -0.2) is 4.98 Å². The first-order chi connectivity index (χ1) is 11.1. The zero-order valence-electron chi connectivity index (χ0n) is 13.3. The van der Waals surface area contributed by atoms with Gasteiger partial charge in [0, 0.05) is 5.69 Å². The van der Waals surface area contributed by atoms with E-state index in [0.29, 0.717) is 0 Å². The van der Waals surface area contributed by atoms with Crippen LogP contribution < -0.4 is 5.32 Å². The Bertz CT molecular complexity index is 1010. The van der Waals surface area contributed by atoms with Gasteiger partial charge in [-0.1, -0.05) is 29.8 Å². The zero-order chi connectivity index (χ0) is 16.0. The summed E-state index contributed by atoms with van der Waals surface area (Å²) in [7, 11) is 0. The summed E-state index contributed by atoms with van der Waals surface area (Å²) in [5.41, 5.74) is 7.33. The standard InChI is InChI=1S/C18H17N5/c1-11-8-12(2)16(13(3)9-11)21-17-18-22-19-10-23(18)15-7-5-4-6-14(15)20-17/h4-10H,1-3H3,(H,20,21). The average molecular weight is 303 g/mol. The van der Waals surface area contributed by atoms with Crippen LogP contribution in [0.3, 0.4) is 0 Å². The quantitative estimate of drug-likeness (QED) is 0.609. The molecule has 0 saturated heterocycles. The van der Waals surface area contributed by atoms with Crippen molar-refractivity contribution in [2.24, 2.45) is 0 Å². The molecule has 5 nitrogen and oxygen atoms in total. The van der Waals surface area contributed by atoms with Gasteiger partial charge < -0.3 is 5.32 Å². The predicted molar refractivity (Wildman–Crippen MR) is 92.2 cm³/mol. The summed E-state index contributed by atoms with van der Waals surface area (Å²) in [5, 5.41) is 11.7. The fourth-order valence-corrected chi connectivity index (χ4v) is 3.09. The monoisotopic (exact) mass is 303 g/mol. The molecule has 0 atom stereocenters. The maximum atomic E-state index is 4.74. The molecule has 2 aromatic carbocycles. The van der Waals surface area contributed by atoms with Gasteiger partial charge in [-0.3, -0.25) is 4.40 Å². The van der Waals surface area contributed by atoms with Gasteiger partial charge in [-0.05, 0) is 44.0 Å². The number of nitrogens with zero attached hydrogens (tertiary/aromatic N) is 4. The summed E-state index contributed by atoms with van der Waals surface area (Å²) >= 11 is 0. The third kappa shape index (κ3) is 2.21. The smallest absolute Gasteiger partial charge is 0.204 e. The highest BCUT2D eigenvalue weighted by Crippen LogP contribution is 2.28. The van der Waals surface area contributed by atoms with Crippen molar-refractivity contribution in [1.29, 1.82) is 0 Å². The molecule has 114 valence electrons. The van der Waals surface area contributed by atoms with E-state index in [1.807, 2.05) is 28.7 Å². The second-order valence-corrected chi connectivity index (χ2v) is 5.87. The largest absolute Gasteiger partial charge is 0.337 e. The molecule has 0 aliphatic carbocycles. The number of hydrogen-bond donors (Lipinski definition) is 1. The van der Waals surface area contributed by atoms with Crippen LogP contribution >= 0.6 is 0 Å². The summed E-state index contributed by atoms with van der Waals surface area (Å²) in [6, 6.07) is 12.3. The van der Waals surface area contributed by atoms with Crippen LogP contribution in [0.4, 0.5) is 11.5 Å². The van der Waals surface area contributed by atoms with Crippen molar-refractivity contribution in [3.05, 3.63) is 59.4 Å². The van der Waals surface area contributed by atoms with Gasteiger partial charge in [0.25, 0.3) is 0 Å². The highest BCUT2D eigenvalue weighted by Gasteiger charge is 2.12. The lowest BCUT2D eigenvalue weighted by molar-refractivity contribution is 1.11. The minimum Gasteiger partial charge on any atom is -0.337 e. The van der Waals surface area contributed by atoms with Crippen LogP contribution in [0.25, 0.3) is 16.7 Å². The van der Waals surface area contributed by atoms with E-state index in [9.17, 15) is 0 Å². The number of anilines is 2.